The first kappa shape index (κ1) is 14.2. The second-order valence-corrected chi connectivity index (χ2v) is 7.06. The molecule has 0 radical (unpaired) electrons. The minimum atomic E-state index is -3.43. The summed E-state index contributed by atoms with van der Waals surface area (Å²) in [7, 11) is -3.43. The van der Waals surface area contributed by atoms with Crippen molar-refractivity contribution in [3.8, 4) is 0 Å². The largest absolute Gasteiger partial charge is 0.409 e. The first-order valence-corrected chi connectivity index (χ1v) is 7.39. The molecule has 0 heterocycles. The quantitative estimate of drug-likeness (QED) is 0.301. The van der Waals surface area contributed by atoms with E-state index in [0.717, 1.165) is 19.3 Å². The molecule has 0 aliphatic heterocycles. The van der Waals surface area contributed by atoms with Crippen LogP contribution in [0.1, 0.15) is 46.0 Å². The highest BCUT2D eigenvalue weighted by Crippen LogP contribution is 2.29. The average molecular weight is 263 g/mol. The standard InChI is InChI=1S/C10H21N3O3S/c1-8(2)17(15,16)13-10(9(11)12-14)6-4-3-5-7-10/h8,13-14H,3-7H2,1-2H3,(H2,11,12). The third kappa shape index (κ3) is 3.10. The number of oxime groups is 1. The van der Waals surface area contributed by atoms with E-state index in [1.54, 1.807) is 13.8 Å². The zero-order chi connectivity index (χ0) is 13.1. The number of hydrogen-bond donors (Lipinski definition) is 3. The van der Waals surface area contributed by atoms with Crippen LogP contribution in [0, 0.1) is 0 Å². The van der Waals surface area contributed by atoms with Crippen LogP contribution in [0.2, 0.25) is 0 Å². The predicted octanol–water partition coefficient (Wildman–Crippen LogP) is 0.763. The van der Waals surface area contributed by atoms with Gasteiger partial charge >= 0.3 is 0 Å². The summed E-state index contributed by atoms with van der Waals surface area (Å²) in [5.74, 6) is -0.0403. The molecule has 0 bridgehead atoms. The van der Waals surface area contributed by atoms with Crippen LogP contribution >= 0.6 is 0 Å². The van der Waals surface area contributed by atoms with Gasteiger partial charge in [-0.15, -0.1) is 0 Å². The summed E-state index contributed by atoms with van der Waals surface area (Å²) >= 11 is 0. The van der Waals surface area contributed by atoms with Crippen LogP contribution in [0.3, 0.4) is 0 Å². The smallest absolute Gasteiger partial charge is 0.214 e. The molecule has 4 N–H and O–H groups in total. The van der Waals surface area contributed by atoms with Crippen LogP contribution in [0.25, 0.3) is 0 Å². The summed E-state index contributed by atoms with van der Waals surface area (Å²) < 4.78 is 26.5. The molecule has 1 fully saturated rings. The fourth-order valence-electron chi connectivity index (χ4n) is 2.05. The Kier molecular flexibility index (Phi) is 4.37. The molecule has 0 aromatic heterocycles. The van der Waals surface area contributed by atoms with Crippen molar-refractivity contribution in [2.24, 2.45) is 10.9 Å². The first-order chi connectivity index (χ1) is 7.84. The molecule has 17 heavy (non-hydrogen) atoms. The average Bonchev–Trinajstić information content (AvgIpc) is 2.28. The van der Waals surface area contributed by atoms with Crippen molar-refractivity contribution < 1.29 is 13.6 Å². The molecule has 1 saturated carbocycles. The summed E-state index contributed by atoms with van der Waals surface area (Å²) in [6.07, 6.45) is 3.95. The third-order valence-electron chi connectivity index (χ3n) is 3.26. The lowest BCUT2D eigenvalue weighted by Gasteiger charge is -2.36. The topological polar surface area (TPSA) is 105 Å². The molecule has 0 spiro atoms. The zero-order valence-electron chi connectivity index (χ0n) is 10.3. The molecule has 1 aliphatic rings. The van der Waals surface area contributed by atoms with Crippen LogP contribution < -0.4 is 10.5 Å². The van der Waals surface area contributed by atoms with E-state index in [2.05, 4.69) is 9.88 Å². The molecule has 0 unspecified atom stereocenters. The van der Waals surface area contributed by atoms with E-state index in [1.165, 1.54) is 0 Å². The second-order valence-electron chi connectivity index (χ2n) is 4.82. The van der Waals surface area contributed by atoms with Gasteiger partial charge in [0.1, 0.15) is 0 Å². The molecule has 0 atom stereocenters. The van der Waals surface area contributed by atoms with Gasteiger partial charge < -0.3 is 10.9 Å². The maximum atomic E-state index is 11.9. The molecule has 0 aromatic rings. The predicted molar refractivity (Wildman–Crippen MR) is 66.4 cm³/mol. The maximum absolute atomic E-state index is 11.9. The number of nitrogens with one attached hydrogen (secondary N) is 1. The minimum Gasteiger partial charge on any atom is -0.409 e. The Bertz CT molecular complexity index is 384. The molecule has 1 rings (SSSR count). The Morgan fingerprint density at radius 2 is 1.88 bits per heavy atom. The number of rotatable bonds is 4. The zero-order valence-corrected chi connectivity index (χ0v) is 11.1. The van der Waals surface area contributed by atoms with E-state index in [9.17, 15) is 8.42 Å². The Morgan fingerprint density at radius 1 is 1.35 bits per heavy atom. The monoisotopic (exact) mass is 263 g/mol. The SMILES string of the molecule is CC(C)S(=O)(=O)NC1(/C(N)=N/O)CCCCC1. The first-order valence-electron chi connectivity index (χ1n) is 5.85. The van der Waals surface area contributed by atoms with Gasteiger partial charge in [0, 0.05) is 0 Å². The molecular formula is C10H21N3O3S. The number of sulfonamides is 1. The molecule has 6 nitrogen and oxygen atoms in total. The highest BCUT2D eigenvalue weighted by Gasteiger charge is 2.40. The van der Waals surface area contributed by atoms with Gasteiger partial charge in [0.05, 0.1) is 10.8 Å². The Labute approximate surface area is 102 Å². The van der Waals surface area contributed by atoms with Crippen molar-refractivity contribution in [3.63, 3.8) is 0 Å². The lowest BCUT2D eigenvalue weighted by atomic mass is 9.82. The van der Waals surface area contributed by atoms with Crippen LogP contribution in [-0.2, 0) is 10.0 Å². The van der Waals surface area contributed by atoms with Crippen molar-refractivity contribution in [2.45, 2.75) is 56.7 Å². The highest BCUT2D eigenvalue weighted by atomic mass is 32.2. The van der Waals surface area contributed by atoms with Crippen LogP contribution in [0.5, 0.6) is 0 Å². The normalized spacial score (nSPS) is 21.7. The van der Waals surface area contributed by atoms with Crippen LogP contribution in [0.15, 0.2) is 5.16 Å². The van der Waals surface area contributed by atoms with Crippen molar-refractivity contribution in [3.05, 3.63) is 0 Å². The summed E-state index contributed by atoms with van der Waals surface area (Å²) in [6, 6.07) is 0. The lowest BCUT2D eigenvalue weighted by Crippen LogP contribution is -2.59. The number of nitrogens with zero attached hydrogens (tertiary/aromatic N) is 1. The Morgan fingerprint density at radius 3 is 2.29 bits per heavy atom. The fourth-order valence-corrected chi connectivity index (χ4v) is 3.14. The van der Waals surface area contributed by atoms with Crippen molar-refractivity contribution in [1.29, 1.82) is 0 Å². The van der Waals surface area contributed by atoms with Crippen molar-refractivity contribution in [1.82, 2.24) is 4.72 Å². The molecule has 1 aliphatic carbocycles. The van der Waals surface area contributed by atoms with E-state index >= 15 is 0 Å². The molecular weight excluding hydrogens is 242 g/mol. The Hall–Kier alpha value is -0.820. The molecule has 7 heteroatoms. The number of nitrogens with two attached hydrogens (primary N) is 1. The van der Waals surface area contributed by atoms with Crippen LogP contribution in [-0.4, -0.2) is 30.2 Å². The van der Waals surface area contributed by atoms with E-state index in [4.69, 9.17) is 10.9 Å². The van der Waals surface area contributed by atoms with E-state index in [-0.39, 0.29) is 5.84 Å². The summed E-state index contributed by atoms with van der Waals surface area (Å²) in [5.41, 5.74) is 4.76. The van der Waals surface area contributed by atoms with Crippen molar-refractivity contribution >= 4 is 15.9 Å². The minimum absolute atomic E-state index is 0.0403. The molecule has 0 amide bonds. The molecule has 0 aromatic carbocycles. The Balaban J connectivity index is 3.00. The highest BCUT2D eigenvalue weighted by molar-refractivity contribution is 7.90. The third-order valence-corrected chi connectivity index (χ3v) is 5.18. The molecule has 100 valence electrons. The second kappa shape index (κ2) is 5.22. The molecule has 0 saturated heterocycles. The maximum Gasteiger partial charge on any atom is 0.214 e. The van der Waals surface area contributed by atoms with Gasteiger partial charge in [0.25, 0.3) is 0 Å². The fraction of sp³-hybridized carbons (Fsp3) is 0.900. The van der Waals surface area contributed by atoms with E-state index < -0.39 is 20.8 Å². The van der Waals surface area contributed by atoms with Gasteiger partial charge in [0.15, 0.2) is 5.84 Å². The van der Waals surface area contributed by atoms with Gasteiger partial charge in [-0.25, -0.2) is 13.1 Å². The van der Waals surface area contributed by atoms with Gasteiger partial charge in [-0.05, 0) is 26.7 Å². The van der Waals surface area contributed by atoms with E-state index in [1.807, 2.05) is 0 Å². The van der Waals surface area contributed by atoms with Gasteiger partial charge in [-0.3, -0.25) is 0 Å². The lowest BCUT2D eigenvalue weighted by molar-refractivity contribution is 0.293. The summed E-state index contributed by atoms with van der Waals surface area (Å²) in [4.78, 5) is 0. The summed E-state index contributed by atoms with van der Waals surface area (Å²) in [5, 5.41) is 11.3. The van der Waals surface area contributed by atoms with Gasteiger partial charge in [-0.1, -0.05) is 24.4 Å². The number of amidine groups is 1. The van der Waals surface area contributed by atoms with Crippen molar-refractivity contribution in [2.75, 3.05) is 0 Å². The van der Waals surface area contributed by atoms with Crippen LogP contribution in [0.4, 0.5) is 0 Å². The van der Waals surface area contributed by atoms with Gasteiger partial charge in [-0.2, -0.15) is 0 Å². The van der Waals surface area contributed by atoms with Gasteiger partial charge in [0.2, 0.25) is 10.0 Å². The van der Waals surface area contributed by atoms with E-state index in [0.29, 0.717) is 12.8 Å². The number of hydrogen-bond acceptors (Lipinski definition) is 4. The summed E-state index contributed by atoms with van der Waals surface area (Å²) in [6.45, 7) is 3.20.